The van der Waals surface area contributed by atoms with Gasteiger partial charge >= 0.3 is 0 Å². The summed E-state index contributed by atoms with van der Waals surface area (Å²) >= 11 is 7.76. The van der Waals surface area contributed by atoms with E-state index in [4.69, 9.17) is 11.6 Å². The monoisotopic (exact) mass is 394 g/mol. The lowest BCUT2D eigenvalue weighted by atomic mass is 10.2. The molecule has 5 nitrogen and oxygen atoms in total. The number of nitrogens with one attached hydrogen (secondary N) is 2. The van der Waals surface area contributed by atoms with Crippen LogP contribution in [0.3, 0.4) is 0 Å². The van der Waals surface area contributed by atoms with Crippen LogP contribution in [0.1, 0.15) is 10.4 Å². The van der Waals surface area contributed by atoms with Crippen LogP contribution in [0.4, 0.5) is 5.69 Å². The van der Waals surface area contributed by atoms with Gasteiger partial charge in [0.1, 0.15) is 5.82 Å². The Morgan fingerprint density at radius 2 is 2.00 bits per heavy atom. The Kier molecular flexibility index (Phi) is 4.83. The van der Waals surface area contributed by atoms with Gasteiger partial charge in [0.25, 0.3) is 5.91 Å². The summed E-state index contributed by atoms with van der Waals surface area (Å²) in [5.41, 5.74) is 3.31. The summed E-state index contributed by atoms with van der Waals surface area (Å²) in [5, 5.41) is 3.23. The first-order valence-electron chi connectivity index (χ1n) is 8.20. The largest absolute Gasteiger partial charge is 0.337 e. The minimum absolute atomic E-state index is 0.283. The molecule has 4 aromatic rings. The van der Waals surface area contributed by atoms with Crippen molar-refractivity contribution in [3.8, 4) is 11.4 Å². The first-order chi connectivity index (χ1) is 13.1. The third-order valence-corrected chi connectivity index (χ3v) is 5.11. The Bertz CT molecular complexity index is 1140. The Balaban J connectivity index is 1.63. The zero-order valence-electron chi connectivity index (χ0n) is 14.4. The molecule has 0 saturated heterocycles. The maximum Gasteiger partial charge on any atom is 0.257 e. The summed E-state index contributed by atoms with van der Waals surface area (Å²) in [5.74, 6) is 0.456. The molecule has 2 aromatic heterocycles. The van der Waals surface area contributed by atoms with E-state index in [1.165, 1.54) is 0 Å². The predicted molar refractivity (Wildman–Crippen MR) is 111 cm³/mol. The molecule has 134 valence electrons. The number of carbonyl (C=O) groups excluding carboxylic acids is 1. The lowest BCUT2D eigenvalue weighted by molar-refractivity contribution is 0.102. The second-order valence-corrected chi connectivity index (χ2v) is 7.13. The lowest BCUT2D eigenvalue weighted by Crippen LogP contribution is -2.12. The first kappa shape index (κ1) is 17.6. The SMILES string of the molecule is CSc1cccc(-c2nc3ncc(NC(=O)c4ccccc4Cl)cc3[nH]2)c1. The zero-order chi connectivity index (χ0) is 18.8. The summed E-state index contributed by atoms with van der Waals surface area (Å²) in [6.07, 6.45) is 3.62. The number of imidazole rings is 1. The average Bonchev–Trinajstić information content (AvgIpc) is 3.12. The van der Waals surface area contributed by atoms with Crippen LogP contribution in [0.25, 0.3) is 22.6 Å². The van der Waals surface area contributed by atoms with Crippen molar-refractivity contribution in [3.63, 3.8) is 0 Å². The third-order valence-electron chi connectivity index (χ3n) is 4.06. The molecular formula is C20H15ClN4OS. The van der Waals surface area contributed by atoms with E-state index in [-0.39, 0.29) is 5.91 Å². The van der Waals surface area contributed by atoms with Gasteiger partial charge in [-0.1, -0.05) is 35.9 Å². The first-order valence-corrected chi connectivity index (χ1v) is 9.80. The second kappa shape index (κ2) is 7.42. The van der Waals surface area contributed by atoms with Crippen molar-refractivity contribution in [2.45, 2.75) is 4.90 Å². The third kappa shape index (κ3) is 3.67. The Morgan fingerprint density at radius 3 is 2.81 bits per heavy atom. The van der Waals surface area contributed by atoms with Crippen LogP contribution in [0.15, 0.2) is 65.7 Å². The summed E-state index contributed by atoms with van der Waals surface area (Å²) < 4.78 is 0. The van der Waals surface area contributed by atoms with Gasteiger partial charge in [-0.3, -0.25) is 4.79 Å². The molecule has 2 heterocycles. The fourth-order valence-corrected chi connectivity index (χ4v) is 3.40. The van der Waals surface area contributed by atoms with Crippen LogP contribution >= 0.6 is 23.4 Å². The minimum Gasteiger partial charge on any atom is -0.337 e. The van der Waals surface area contributed by atoms with Crippen molar-refractivity contribution >= 4 is 46.1 Å². The molecule has 0 atom stereocenters. The summed E-state index contributed by atoms with van der Waals surface area (Å²) in [7, 11) is 0. The molecule has 0 aliphatic rings. The Hall–Kier alpha value is -2.83. The molecule has 0 spiro atoms. The number of hydrogen-bond acceptors (Lipinski definition) is 4. The number of fused-ring (bicyclic) bond motifs is 1. The summed E-state index contributed by atoms with van der Waals surface area (Å²) in [6, 6.07) is 16.8. The van der Waals surface area contributed by atoms with Gasteiger partial charge in [0.2, 0.25) is 0 Å². The maximum absolute atomic E-state index is 12.4. The number of benzene rings is 2. The van der Waals surface area contributed by atoms with E-state index in [2.05, 4.69) is 32.4 Å². The van der Waals surface area contributed by atoms with Gasteiger partial charge in [-0.25, -0.2) is 9.97 Å². The molecule has 0 aliphatic carbocycles. The quantitative estimate of drug-likeness (QED) is 0.463. The number of aromatic amines is 1. The molecule has 0 radical (unpaired) electrons. The van der Waals surface area contributed by atoms with Crippen molar-refractivity contribution in [2.24, 2.45) is 0 Å². The number of hydrogen-bond donors (Lipinski definition) is 2. The minimum atomic E-state index is -0.283. The predicted octanol–water partition coefficient (Wildman–Crippen LogP) is 5.25. The number of thioether (sulfide) groups is 1. The Morgan fingerprint density at radius 1 is 1.15 bits per heavy atom. The molecule has 4 rings (SSSR count). The molecule has 0 saturated carbocycles. The molecule has 27 heavy (non-hydrogen) atoms. The highest BCUT2D eigenvalue weighted by Crippen LogP contribution is 2.25. The van der Waals surface area contributed by atoms with E-state index in [0.29, 0.717) is 21.9 Å². The Labute approximate surface area is 165 Å². The molecule has 0 bridgehead atoms. The number of rotatable bonds is 4. The van der Waals surface area contributed by atoms with E-state index in [9.17, 15) is 4.79 Å². The maximum atomic E-state index is 12.4. The van der Waals surface area contributed by atoms with Crippen LogP contribution < -0.4 is 5.32 Å². The van der Waals surface area contributed by atoms with Gasteiger partial charge in [-0.2, -0.15) is 0 Å². The molecule has 7 heteroatoms. The van der Waals surface area contributed by atoms with Crippen molar-refractivity contribution in [2.75, 3.05) is 11.6 Å². The van der Waals surface area contributed by atoms with Crippen molar-refractivity contribution in [1.82, 2.24) is 15.0 Å². The van der Waals surface area contributed by atoms with Gasteiger partial charge < -0.3 is 10.3 Å². The van der Waals surface area contributed by atoms with Gasteiger partial charge in [-0.05, 0) is 36.6 Å². The highest BCUT2D eigenvalue weighted by Gasteiger charge is 2.12. The van der Waals surface area contributed by atoms with Gasteiger partial charge in [-0.15, -0.1) is 11.8 Å². The smallest absolute Gasteiger partial charge is 0.257 e. The molecule has 2 N–H and O–H groups in total. The van der Waals surface area contributed by atoms with E-state index < -0.39 is 0 Å². The van der Waals surface area contributed by atoms with E-state index in [0.717, 1.165) is 21.8 Å². The number of H-pyrrole nitrogens is 1. The number of nitrogens with zero attached hydrogens (tertiary/aromatic N) is 2. The van der Waals surface area contributed by atoms with Crippen molar-refractivity contribution in [3.05, 3.63) is 71.4 Å². The number of aromatic nitrogens is 3. The molecule has 1 amide bonds. The van der Waals surface area contributed by atoms with Crippen LogP contribution in [0.2, 0.25) is 5.02 Å². The molecule has 0 aliphatic heterocycles. The lowest BCUT2D eigenvalue weighted by Gasteiger charge is -2.06. The number of pyridine rings is 1. The standard InChI is InChI=1S/C20H15ClN4OS/c1-27-14-6-4-5-12(9-14)18-24-17-10-13(11-22-19(17)25-18)23-20(26)15-7-2-3-8-16(15)21/h2-11H,1H3,(H,23,26)(H,22,24,25). The van der Waals surface area contributed by atoms with Crippen LogP contribution in [0.5, 0.6) is 0 Å². The second-order valence-electron chi connectivity index (χ2n) is 5.85. The number of anilines is 1. The van der Waals surface area contributed by atoms with E-state index in [1.54, 1.807) is 42.2 Å². The zero-order valence-corrected chi connectivity index (χ0v) is 15.9. The van der Waals surface area contributed by atoms with Crippen molar-refractivity contribution < 1.29 is 4.79 Å². The van der Waals surface area contributed by atoms with Gasteiger partial charge in [0.05, 0.1) is 28.0 Å². The highest BCUT2D eigenvalue weighted by molar-refractivity contribution is 7.98. The fourth-order valence-electron chi connectivity index (χ4n) is 2.72. The highest BCUT2D eigenvalue weighted by atomic mass is 35.5. The average molecular weight is 395 g/mol. The van der Waals surface area contributed by atoms with Crippen LogP contribution in [-0.4, -0.2) is 27.1 Å². The molecule has 0 fully saturated rings. The summed E-state index contributed by atoms with van der Waals surface area (Å²) in [6.45, 7) is 0. The van der Waals surface area contributed by atoms with E-state index >= 15 is 0 Å². The molecular weight excluding hydrogens is 380 g/mol. The summed E-state index contributed by atoms with van der Waals surface area (Å²) in [4.78, 5) is 25.7. The fraction of sp³-hybridized carbons (Fsp3) is 0.0500. The van der Waals surface area contributed by atoms with E-state index in [1.807, 2.05) is 24.5 Å². The van der Waals surface area contributed by atoms with Crippen molar-refractivity contribution in [1.29, 1.82) is 0 Å². The normalized spacial score (nSPS) is 10.9. The van der Waals surface area contributed by atoms with Gasteiger partial charge in [0.15, 0.2) is 5.65 Å². The number of halogens is 1. The molecule has 0 unspecified atom stereocenters. The number of carbonyl (C=O) groups is 1. The molecule has 2 aromatic carbocycles. The topological polar surface area (TPSA) is 70.7 Å². The number of amides is 1. The van der Waals surface area contributed by atoms with Crippen LogP contribution in [-0.2, 0) is 0 Å². The van der Waals surface area contributed by atoms with Gasteiger partial charge in [0, 0.05) is 10.5 Å². The van der Waals surface area contributed by atoms with Crippen LogP contribution in [0, 0.1) is 0 Å².